The van der Waals surface area contributed by atoms with Crippen molar-refractivity contribution in [3.8, 4) is 11.5 Å². The molecule has 0 spiro atoms. The van der Waals surface area contributed by atoms with Crippen molar-refractivity contribution in [2.45, 2.75) is 144 Å². The highest BCUT2D eigenvalue weighted by atomic mass is 16.5. The van der Waals surface area contributed by atoms with Crippen LogP contribution in [0.2, 0.25) is 0 Å². The summed E-state index contributed by atoms with van der Waals surface area (Å²) < 4.78 is 20.4. The summed E-state index contributed by atoms with van der Waals surface area (Å²) in [5.74, 6) is 3.32. The van der Waals surface area contributed by atoms with Crippen LogP contribution >= 0.6 is 0 Å². The Kier molecular flexibility index (Phi) is 9.22. The molecule has 0 radical (unpaired) electrons. The van der Waals surface area contributed by atoms with Crippen LogP contribution in [0.15, 0.2) is 36.7 Å². The molecule has 3 aromatic rings. The number of unbranched alkanes of at least 4 members (excludes halogenated alkanes) is 3. The van der Waals surface area contributed by atoms with Gasteiger partial charge in [0.1, 0.15) is 30.4 Å². The fraction of sp³-hybridized carbons (Fsp3) is 0.543. The molecular weight excluding hydrogens is 657 g/mol. The first-order valence-electron chi connectivity index (χ1n) is 20.6. The van der Waals surface area contributed by atoms with Gasteiger partial charge in [0, 0.05) is 60.7 Å². The molecular formula is C46H60N4O3+2. The van der Waals surface area contributed by atoms with E-state index in [0.717, 1.165) is 95.5 Å². The van der Waals surface area contributed by atoms with E-state index in [1.807, 2.05) is 6.92 Å². The molecule has 1 aromatic heterocycles. The number of hydrogen-bond acceptors (Lipinski definition) is 4. The minimum Gasteiger partial charge on any atom is -0.466 e. The number of anilines is 1. The van der Waals surface area contributed by atoms with Gasteiger partial charge < -0.3 is 14.4 Å². The normalized spacial score (nSPS) is 18.7. The number of nitrogens with zero attached hydrogens (tertiary/aromatic N) is 4. The maximum Gasteiger partial charge on any atom is 0.305 e. The number of ether oxygens (including phenoxy) is 2. The number of allylic oxidation sites excluding steroid dienone is 2. The van der Waals surface area contributed by atoms with Crippen molar-refractivity contribution in [2.24, 2.45) is 0 Å². The minimum atomic E-state index is -0.0882. The fourth-order valence-corrected chi connectivity index (χ4v) is 10.2. The zero-order chi connectivity index (χ0) is 37.2. The standard InChI is InChI=1S/C46H60N4O3/c1-9-11-20-47-24-25-48(21-14-12-13-19-38(51)52-10-2)44(47)39-36-26-34-30(3)28-45(5,6)49-22-15-17-32(40(34)49)42(36)53-43-33-18-16-23-50-41(33)35(27-37(39)43)31(4)29-46(50,7)8/h24-29H,9-23H2,1-8H3/q+2. The molecule has 0 N–H and O–H groups in total. The predicted molar refractivity (Wildman–Crippen MR) is 214 cm³/mol. The molecule has 53 heavy (non-hydrogen) atoms. The Morgan fingerprint density at radius 3 is 2.49 bits per heavy atom. The van der Waals surface area contributed by atoms with Crippen LogP contribution in [0.3, 0.4) is 0 Å². The van der Waals surface area contributed by atoms with Crippen molar-refractivity contribution in [1.29, 1.82) is 0 Å². The van der Waals surface area contributed by atoms with E-state index in [2.05, 4.69) is 104 Å². The van der Waals surface area contributed by atoms with E-state index in [4.69, 9.17) is 9.47 Å². The molecule has 7 heteroatoms. The summed E-state index contributed by atoms with van der Waals surface area (Å²) in [4.78, 5) is 14.7. The highest BCUT2D eigenvalue weighted by Gasteiger charge is 2.43. The van der Waals surface area contributed by atoms with Crippen LogP contribution in [-0.4, -0.2) is 41.3 Å². The second-order valence-electron chi connectivity index (χ2n) is 17.2. The minimum absolute atomic E-state index is 0.0498. The first-order valence-corrected chi connectivity index (χ1v) is 20.6. The molecule has 0 bridgehead atoms. The van der Waals surface area contributed by atoms with Crippen LogP contribution in [0.4, 0.5) is 5.69 Å². The van der Waals surface area contributed by atoms with Crippen molar-refractivity contribution in [3.63, 3.8) is 0 Å². The maximum absolute atomic E-state index is 12.1. The summed E-state index contributed by atoms with van der Waals surface area (Å²) in [7, 11) is 0. The highest BCUT2D eigenvalue weighted by Crippen LogP contribution is 2.52. The van der Waals surface area contributed by atoms with Crippen LogP contribution in [-0.2, 0) is 35.5 Å². The summed E-state index contributed by atoms with van der Waals surface area (Å²) in [5.41, 5.74) is 12.0. The van der Waals surface area contributed by atoms with E-state index in [1.54, 1.807) is 0 Å². The predicted octanol–water partition coefficient (Wildman–Crippen LogP) is 7.63. The maximum atomic E-state index is 12.1. The van der Waals surface area contributed by atoms with Crippen molar-refractivity contribution in [1.82, 2.24) is 9.14 Å². The van der Waals surface area contributed by atoms with E-state index in [-0.39, 0.29) is 17.0 Å². The largest absolute Gasteiger partial charge is 0.466 e. The number of rotatable bonds is 11. The van der Waals surface area contributed by atoms with Crippen molar-refractivity contribution >= 4 is 28.4 Å². The van der Waals surface area contributed by atoms with Gasteiger partial charge in [0.25, 0.3) is 5.82 Å². The van der Waals surface area contributed by atoms with Crippen LogP contribution < -0.4 is 29.4 Å². The summed E-state index contributed by atoms with van der Waals surface area (Å²) in [6.07, 6.45) is 19.4. The first kappa shape index (κ1) is 35.9. The third kappa shape index (κ3) is 5.97. The van der Waals surface area contributed by atoms with Gasteiger partial charge in [-0.3, -0.25) is 4.79 Å². The highest BCUT2D eigenvalue weighted by molar-refractivity contribution is 5.93. The van der Waals surface area contributed by atoms with E-state index >= 15 is 0 Å². The molecule has 5 aliphatic rings. The van der Waals surface area contributed by atoms with Gasteiger partial charge in [0.05, 0.1) is 42.1 Å². The van der Waals surface area contributed by atoms with Gasteiger partial charge in [-0.05, 0) is 109 Å². The monoisotopic (exact) mass is 716 g/mol. The summed E-state index contributed by atoms with van der Waals surface area (Å²) in [5, 5.41) is 2.61. The number of fused-ring (bicyclic) bond motifs is 4. The Labute approximate surface area is 316 Å². The molecule has 8 rings (SSSR count). The lowest BCUT2D eigenvalue weighted by Gasteiger charge is -2.47. The average Bonchev–Trinajstić information content (AvgIpc) is 3.52. The molecule has 0 amide bonds. The zero-order valence-electron chi connectivity index (χ0n) is 33.6. The molecule has 0 saturated heterocycles. The van der Waals surface area contributed by atoms with Gasteiger partial charge in [-0.1, -0.05) is 19.4 Å². The molecule has 280 valence electrons. The topological polar surface area (TPSA) is 50.6 Å². The van der Waals surface area contributed by atoms with E-state index in [0.29, 0.717) is 13.0 Å². The Balaban J connectivity index is 1.40. The average molecular weight is 717 g/mol. The smallest absolute Gasteiger partial charge is 0.305 e. The van der Waals surface area contributed by atoms with Crippen molar-refractivity contribution < 1.29 is 18.8 Å². The number of imidazole rings is 1. The molecule has 0 fully saturated rings. The van der Waals surface area contributed by atoms with E-state index in [9.17, 15) is 4.79 Å². The first-order chi connectivity index (χ1) is 25.4. The molecule has 0 atom stereocenters. The van der Waals surface area contributed by atoms with E-state index in [1.165, 1.54) is 66.6 Å². The SMILES string of the molecule is CCCCn1cc[n+](CCCCCC(=O)OCC)c1C1=c2cc3c4c(c2Oc2c1cc1c5c2CCCN5C(C)(C)C=C1C)CCC[N+]=4C(C)(C)C=C3C. The summed E-state index contributed by atoms with van der Waals surface area (Å²) >= 11 is 0. The second kappa shape index (κ2) is 13.6. The number of carbonyl (C=O) groups excluding carboxylic acids is 1. The van der Waals surface area contributed by atoms with Crippen LogP contribution in [0.25, 0.3) is 16.7 Å². The number of esters is 1. The van der Waals surface area contributed by atoms with Gasteiger partial charge in [-0.25, -0.2) is 13.7 Å². The van der Waals surface area contributed by atoms with Gasteiger partial charge >= 0.3 is 5.97 Å². The van der Waals surface area contributed by atoms with Crippen LogP contribution in [0.1, 0.15) is 140 Å². The molecule has 7 nitrogen and oxygen atoms in total. The molecule has 0 aliphatic carbocycles. The Morgan fingerprint density at radius 1 is 0.906 bits per heavy atom. The number of hydrogen-bond donors (Lipinski definition) is 0. The van der Waals surface area contributed by atoms with Gasteiger partial charge in [0.15, 0.2) is 5.54 Å². The number of benzene rings is 2. The molecule has 2 aromatic carbocycles. The third-order valence-electron chi connectivity index (χ3n) is 12.5. The number of aromatic nitrogens is 2. The summed E-state index contributed by atoms with van der Waals surface area (Å²) in [6.45, 7) is 22.6. The number of aryl methyl sites for hydroxylation is 2. The Hall–Kier alpha value is -4.13. The fourth-order valence-electron chi connectivity index (χ4n) is 10.2. The van der Waals surface area contributed by atoms with Crippen molar-refractivity contribution in [2.75, 3.05) is 24.6 Å². The van der Waals surface area contributed by atoms with Crippen LogP contribution in [0.5, 0.6) is 11.5 Å². The zero-order valence-corrected chi connectivity index (χ0v) is 33.6. The van der Waals surface area contributed by atoms with Crippen LogP contribution in [0, 0.1) is 0 Å². The third-order valence-corrected chi connectivity index (χ3v) is 12.5. The van der Waals surface area contributed by atoms with Gasteiger partial charge in [-0.2, -0.15) is 0 Å². The van der Waals surface area contributed by atoms with Gasteiger partial charge in [-0.15, -0.1) is 0 Å². The molecule has 5 aliphatic heterocycles. The Bertz CT molecular complexity index is 2200. The van der Waals surface area contributed by atoms with Crippen molar-refractivity contribution in [3.05, 3.63) is 80.9 Å². The molecule has 0 saturated carbocycles. The lowest BCUT2D eigenvalue weighted by molar-refractivity contribution is -0.699. The molecule has 6 heterocycles. The van der Waals surface area contributed by atoms with Gasteiger partial charge in [0.2, 0.25) is 5.36 Å². The summed E-state index contributed by atoms with van der Waals surface area (Å²) in [6, 6.07) is 4.96. The quantitative estimate of drug-likeness (QED) is 0.0911. The number of carbonyl (C=O) groups is 1. The second-order valence-corrected chi connectivity index (χ2v) is 17.2. The lowest BCUT2D eigenvalue weighted by atomic mass is 9.80. The Morgan fingerprint density at radius 2 is 1.70 bits per heavy atom. The lowest BCUT2D eigenvalue weighted by Crippen LogP contribution is -2.53. The van der Waals surface area contributed by atoms with E-state index < -0.39 is 0 Å². The molecule has 0 unspecified atom stereocenters.